The van der Waals surface area contributed by atoms with Crippen molar-refractivity contribution in [2.24, 2.45) is 0 Å². The van der Waals surface area contributed by atoms with E-state index in [1.165, 1.54) is 11.1 Å². The predicted molar refractivity (Wildman–Crippen MR) is 143 cm³/mol. The molecule has 0 aliphatic carbocycles. The van der Waals surface area contributed by atoms with E-state index in [2.05, 4.69) is 35.2 Å². The van der Waals surface area contributed by atoms with Crippen molar-refractivity contribution in [3.63, 3.8) is 0 Å². The highest BCUT2D eigenvalue weighted by Crippen LogP contribution is 2.35. The fourth-order valence-corrected chi connectivity index (χ4v) is 4.64. The van der Waals surface area contributed by atoms with Crippen LogP contribution in [0.5, 0.6) is 17.2 Å². The van der Waals surface area contributed by atoms with Gasteiger partial charge in [-0.25, -0.2) is 4.79 Å². The Morgan fingerprint density at radius 2 is 1.38 bits per heavy atom. The second-order valence-electron chi connectivity index (χ2n) is 9.08. The van der Waals surface area contributed by atoms with Gasteiger partial charge < -0.3 is 23.8 Å². The summed E-state index contributed by atoms with van der Waals surface area (Å²) >= 11 is 0. The Morgan fingerprint density at radius 3 is 2.00 bits per heavy atom. The number of carbonyl (C=O) groups excluding carboxylic acids is 1. The molecule has 1 amide bonds. The molecule has 3 aromatic carbocycles. The molecular weight excluding hydrogens is 468 g/mol. The molecule has 0 radical (unpaired) electrons. The molecule has 7 nitrogen and oxygen atoms in total. The van der Waals surface area contributed by atoms with E-state index in [0.717, 1.165) is 48.6 Å². The lowest BCUT2D eigenvalue weighted by atomic mass is 10.0. The summed E-state index contributed by atoms with van der Waals surface area (Å²) in [5.41, 5.74) is 4.54. The van der Waals surface area contributed by atoms with Crippen LogP contribution in [0.2, 0.25) is 0 Å². The van der Waals surface area contributed by atoms with Crippen LogP contribution in [-0.4, -0.2) is 63.4 Å². The van der Waals surface area contributed by atoms with Crippen molar-refractivity contribution in [2.75, 3.05) is 47.5 Å². The number of benzene rings is 3. The van der Waals surface area contributed by atoms with Crippen molar-refractivity contribution in [3.05, 3.63) is 89.0 Å². The zero-order valence-electron chi connectivity index (χ0n) is 21.9. The molecule has 0 aromatic heterocycles. The van der Waals surface area contributed by atoms with Gasteiger partial charge in [0.25, 0.3) is 0 Å². The standard InChI is InChI=1S/C30H36N2O5/c1-34-26-19-28(35-2)27(29(20-26)36-3)21-31-15-17-32(18-16-31)30(33)37-22-25-12-8-7-11-24(25)14-13-23-9-5-4-6-10-23/h4-12,19-20H,13-18,21-22H2,1-3H3. The zero-order chi connectivity index (χ0) is 26.0. The van der Waals surface area contributed by atoms with Crippen molar-refractivity contribution >= 4 is 6.09 Å². The zero-order valence-corrected chi connectivity index (χ0v) is 21.9. The minimum absolute atomic E-state index is 0.267. The number of piperazine rings is 1. The van der Waals surface area contributed by atoms with E-state index in [1.807, 2.05) is 36.4 Å². The Bertz CT molecular complexity index is 1130. The van der Waals surface area contributed by atoms with Gasteiger partial charge in [0, 0.05) is 44.9 Å². The van der Waals surface area contributed by atoms with Gasteiger partial charge in [-0.2, -0.15) is 0 Å². The molecule has 7 heteroatoms. The number of ether oxygens (including phenoxy) is 4. The molecule has 0 saturated carbocycles. The number of hydrogen-bond donors (Lipinski definition) is 0. The van der Waals surface area contributed by atoms with Crippen LogP contribution in [0.15, 0.2) is 66.7 Å². The first-order valence-corrected chi connectivity index (χ1v) is 12.6. The van der Waals surface area contributed by atoms with Gasteiger partial charge in [0.2, 0.25) is 0 Å². The lowest BCUT2D eigenvalue weighted by Crippen LogP contribution is -2.48. The first-order chi connectivity index (χ1) is 18.1. The number of hydrogen-bond acceptors (Lipinski definition) is 6. The molecule has 1 aliphatic heterocycles. The van der Waals surface area contributed by atoms with Gasteiger partial charge in [0.15, 0.2) is 0 Å². The van der Waals surface area contributed by atoms with E-state index in [1.54, 1.807) is 26.2 Å². The second-order valence-corrected chi connectivity index (χ2v) is 9.08. The lowest BCUT2D eigenvalue weighted by Gasteiger charge is -2.34. The maximum atomic E-state index is 12.8. The molecule has 1 heterocycles. The third-order valence-electron chi connectivity index (χ3n) is 6.82. The topological polar surface area (TPSA) is 60.5 Å². The minimum atomic E-state index is -0.267. The lowest BCUT2D eigenvalue weighted by molar-refractivity contribution is 0.0695. The van der Waals surface area contributed by atoms with E-state index >= 15 is 0 Å². The summed E-state index contributed by atoms with van der Waals surface area (Å²) in [6.07, 6.45) is 1.60. The molecule has 1 aliphatic rings. The van der Waals surface area contributed by atoms with Gasteiger partial charge in [0.1, 0.15) is 23.9 Å². The second kappa shape index (κ2) is 13.0. The van der Waals surface area contributed by atoms with Crippen molar-refractivity contribution in [1.29, 1.82) is 0 Å². The van der Waals surface area contributed by atoms with Crippen molar-refractivity contribution in [3.8, 4) is 17.2 Å². The summed E-state index contributed by atoms with van der Waals surface area (Å²) < 4.78 is 22.2. The summed E-state index contributed by atoms with van der Waals surface area (Å²) in [6, 6.07) is 22.4. The Balaban J connectivity index is 1.29. The molecule has 1 saturated heterocycles. The van der Waals surface area contributed by atoms with Gasteiger partial charge in [0.05, 0.1) is 26.9 Å². The van der Waals surface area contributed by atoms with Crippen LogP contribution >= 0.6 is 0 Å². The van der Waals surface area contributed by atoms with Gasteiger partial charge in [-0.1, -0.05) is 54.6 Å². The molecule has 0 N–H and O–H groups in total. The fourth-order valence-electron chi connectivity index (χ4n) is 4.64. The van der Waals surface area contributed by atoms with Crippen LogP contribution in [0, 0.1) is 0 Å². The number of nitrogens with zero attached hydrogens (tertiary/aromatic N) is 2. The van der Waals surface area contributed by atoms with Crippen LogP contribution in [0.4, 0.5) is 4.79 Å². The van der Waals surface area contributed by atoms with Crippen LogP contribution in [0.1, 0.15) is 22.3 Å². The summed E-state index contributed by atoms with van der Waals surface area (Å²) in [4.78, 5) is 16.9. The number of amides is 1. The number of methoxy groups -OCH3 is 3. The van der Waals surface area contributed by atoms with Gasteiger partial charge in [-0.05, 0) is 29.5 Å². The Morgan fingerprint density at radius 1 is 0.757 bits per heavy atom. The maximum Gasteiger partial charge on any atom is 0.410 e. The van der Waals surface area contributed by atoms with Gasteiger partial charge in [-0.3, -0.25) is 4.90 Å². The molecule has 0 atom stereocenters. The Hall–Kier alpha value is -3.71. The summed E-state index contributed by atoms with van der Waals surface area (Å²) in [5.74, 6) is 2.14. The molecular formula is C30H36N2O5. The summed E-state index contributed by atoms with van der Waals surface area (Å²) in [6.45, 7) is 3.63. The SMILES string of the molecule is COc1cc(OC)c(CN2CCN(C(=O)OCc3ccccc3CCc3ccccc3)CC2)c(OC)c1. The third-order valence-corrected chi connectivity index (χ3v) is 6.82. The first kappa shape index (κ1) is 26.4. The van der Waals surface area contributed by atoms with Gasteiger partial charge >= 0.3 is 6.09 Å². The van der Waals surface area contributed by atoms with E-state index in [-0.39, 0.29) is 12.7 Å². The Kier molecular flexibility index (Phi) is 9.27. The molecule has 1 fully saturated rings. The molecule has 37 heavy (non-hydrogen) atoms. The molecule has 0 spiro atoms. The van der Waals surface area contributed by atoms with E-state index < -0.39 is 0 Å². The van der Waals surface area contributed by atoms with Crippen LogP contribution in [0.25, 0.3) is 0 Å². The molecule has 0 bridgehead atoms. The largest absolute Gasteiger partial charge is 0.496 e. The quantitative estimate of drug-likeness (QED) is 0.389. The third kappa shape index (κ3) is 6.95. The Labute approximate surface area is 219 Å². The average Bonchev–Trinajstić information content (AvgIpc) is 2.96. The molecule has 0 unspecified atom stereocenters. The minimum Gasteiger partial charge on any atom is -0.496 e. The first-order valence-electron chi connectivity index (χ1n) is 12.6. The van der Waals surface area contributed by atoms with Crippen LogP contribution in [0.3, 0.4) is 0 Å². The number of carbonyl (C=O) groups is 1. The van der Waals surface area contributed by atoms with Crippen molar-refractivity contribution in [1.82, 2.24) is 9.80 Å². The highest BCUT2D eigenvalue weighted by atomic mass is 16.6. The maximum absolute atomic E-state index is 12.8. The van der Waals surface area contributed by atoms with Crippen molar-refractivity contribution < 1.29 is 23.7 Å². The van der Waals surface area contributed by atoms with E-state index in [9.17, 15) is 4.79 Å². The summed E-state index contributed by atoms with van der Waals surface area (Å²) in [7, 11) is 4.91. The normalized spacial score (nSPS) is 13.8. The fraction of sp³-hybridized carbons (Fsp3) is 0.367. The van der Waals surface area contributed by atoms with Gasteiger partial charge in [-0.15, -0.1) is 0 Å². The smallest absolute Gasteiger partial charge is 0.410 e. The summed E-state index contributed by atoms with van der Waals surface area (Å²) in [5, 5.41) is 0. The monoisotopic (exact) mass is 504 g/mol. The van der Waals surface area contributed by atoms with Crippen LogP contribution in [-0.2, 0) is 30.7 Å². The van der Waals surface area contributed by atoms with E-state index in [0.29, 0.717) is 25.4 Å². The van der Waals surface area contributed by atoms with E-state index in [4.69, 9.17) is 18.9 Å². The van der Waals surface area contributed by atoms with Crippen molar-refractivity contribution in [2.45, 2.75) is 26.0 Å². The highest BCUT2D eigenvalue weighted by molar-refractivity contribution is 5.67. The number of aryl methyl sites for hydroxylation is 2. The molecule has 4 rings (SSSR count). The average molecular weight is 505 g/mol. The predicted octanol–water partition coefficient (Wildman–Crippen LogP) is 4.95. The van der Waals surface area contributed by atoms with Crippen LogP contribution < -0.4 is 14.2 Å². The molecule has 196 valence electrons. The highest BCUT2D eigenvalue weighted by Gasteiger charge is 2.24. The molecule has 3 aromatic rings. The number of rotatable bonds is 10.